The molecule has 4 aromatic rings. The number of unbranched alkanes of at least 4 members (excludes halogenated alkanes) is 2. The van der Waals surface area contributed by atoms with Gasteiger partial charge < -0.3 is 29.2 Å². The maximum absolute atomic E-state index is 14.2. The zero-order valence-corrected chi connectivity index (χ0v) is 40.8. The Labute approximate surface area is 408 Å². The number of ether oxygens (including phenoxy) is 4. The van der Waals surface area contributed by atoms with Crippen LogP contribution in [0.25, 0.3) is 0 Å². The number of nitrogens with zero attached hydrogens (tertiary/aromatic N) is 5. The van der Waals surface area contributed by atoms with E-state index in [2.05, 4.69) is 72.2 Å². The summed E-state index contributed by atoms with van der Waals surface area (Å²) >= 11 is 3.55. The van der Waals surface area contributed by atoms with Gasteiger partial charge in [-0.2, -0.15) is 0 Å². The van der Waals surface area contributed by atoms with Crippen LogP contribution in [0.4, 0.5) is 35.2 Å². The van der Waals surface area contributed by atoms with Gasteiger partial charge in [0.1, 0.15) is 24.2 Å². The van der Waals surface area contributed by atoms with Gasteiger partial charge in [-0.3, -0.25) is 30.1 Å². The van der Waals surface area contributed by atoms with Crippen molar-refractivity contribution in [1.29, 1.82) is 0 Å². The first-order valence-electron chi connectivity index (χ1n) is 23.2. The Hall–Kier alpha value is -5.63. The molecule has 2 N–H and O–H groups in total. The number of carbonyl (C=O) groups excluding carboxylic acids is 2. The molecule has 7 rings (SSSR count). The molecule has 3 aliphatic rings. The first kappa shape index (κ1) is 51.2. The van der Waals surface area contributed by atoms with Crippen LogP contribution >= 0.6 is 15.9 Å². The number of carbonyl (C=O) groups is 2. The summed E-state index contributed by atoms with van der Waals surface area (Å²) in [5.74, 6) is 0.444. The van der Waals surface area contributed by atoms with Gasteiger partial charge in [0, 0.05) is 60.9 Å². The number of rotatable bonds is 20. The highest BCUT2D eigenvalue weighted by Gasteiger charge is 2.45. The molecule has 3 amide bonds. The molecule has 0 radical (unpaired) electrons. The van der Waals surface area contributed by atoms with Crippen LogP contribution < -0.4 is 20.1 Å². The Kier molecular flexibility index (Phi) is 17.0. The zero-order valence-electron chi connectivity index (χ0n) is 39.2. The van der Waals surface area contributed by atoms with E-state index in [4.69, 9.17) is 14.2 Å². The fraction of sp³-hybridized carbons (Fsp3) is 0.480. The minimum Gasteiger partial charge on any atom is -0.489 e. The van der Waals surface area contributed by atoms with Crippen molar-refractivity contribution in [1.82, 2.24) is 19.8 Å². The normalized spacial score (nSPS) is 19.1. The summed E-state index contributed by atoms with van der Waals surface area (Å²) in [6.07, 6.45) is 6.50. The van der Waals surface area contributed by atoms with Crippen LogP contribution in [0.5, 0.6) is 11.5 Å². The first-order chi connectivity index (χ1) is 32.9. The highest BCUT2D eigenvalue weighted by molar-refractivity contribution is 9.10. The zero-order chi connectivity index (χ0) is 49.3. The molecule has 4 atom stereocenters. The number of amides is 3. The smallest absolute Gasteiger partial charge is 0.489 e. The highest BCUT2D eigenvalue weighted by Crippen LogP contribution is 2.52. The van der Waals surface area contributed by atoms with E-state index in [9.17, 15) is 32.9 Å². The summed E-state index contributed by atoms with van der Waals surface area (Å²) in [4.78, 5) is 50.6. The van der Waals surface area contributed by atoms with Crippen molar-refractivity contribution in [3.63, 3.8) is 0 Å². The molecular formula is C50H59BrF3N7O8. The van der Waals surface area contributed by atoms with Crippen molar-refractivity contribution < 1.29 is 46.6 Å². The summed E-state index contributed by atoms with van der Waals surface area (Å²) < 4.78 is 62.0. The minimum atomic E-state index is -4.86. The number of hydrogen-bond acceptors (Lipinski definition) is 11. The molecule has 15 nitrogen and oxygen atoms in total. The molecule has 2 heterocycles. The van der Waals surface area contributed by atoms with Gasteiger partial charge >= 0.3 is 12.4 Å². The van der Waals surface area contributed by atoms with Crippen LogP contribution in [0, 0.1) is 41.2 Å². The molecule has 0 saturated carbocycles. The number of benzene rings is 3. The molecule has 1 aromatic heterocycles. The largest absolute Gasteiger partial charge is 0.573 e. The first-order valence-corrected chi connectivity index (χ1v) is 24.0. The number of nitro groups is 1. The van der Waals surface area contributed by atoms with Gasteiger partial charge in [-0.1, -0.05) is 48.0 Å². The van der Waals surface area contributed by atoms with E-state index in [1.807, 2.05) is 26.0 Å². The van der Waals surface area contributed by atoms with Crippen molar-refractivity contribution in [2.24, 2.45) is 17.3 Å². The Morgan fingerprint density at radius 2 is 1.81 bits per heavy atom. The second-order valence-electron chi connectivity index (χ2n) is 18.6. The van der Waals surface area contributed by atoms with E-state index < -0.39 is 23.6 Å². The number of aryl methyl sites for hydroxylation is 2. The summed E-state index contributed by atoms with van der Waals surface area (Å²) in [6.45, 7) is 12.6. The number of hydrogen-bond donors (Lipinski definition) is 2. The number of aromatic nitrogens is 2. The van der Waals surface area contributed by atoms with E-state index in [0.717, 1.165) is 77.8 Å². The molecule has 1 aliphatic heterocycles. The third-order valence-corrected chi connectivity index (χ3v) is 13.9. The minimum absolute atomic E-state index is 0.0259. The summed E-state index contributed by atoms with van der Waals surface area (Å²) in [7, 11) is 0. The lowest BCUT2D eigenvalue weighted by Crippen LogP contribution is -2.47. The standard InChI is InChI=1S/C50H59BrF3N7O8/c1-32-23-45(44(26-43(32)51)57-48(63)58-46-28-55-33(2)27-56-46)68-30-38-29-59(18-22-67-38)17-6-5-7-20-66-21-19-60(47(62)34-12-15-37(16-13-34)69-50(52,53)54)31-49(3,4)42-24-35-11-14-36(61(64)65)25-41(35)39-9-8-10-40(39)42/h8-9,11-16,23,25-28,38-40,42H,5-7,10,17-22,24,29-31H2,1-4H3,(H2,56,57,58,63)/t38-,39?,40?,42?/m0/s1. The van der Waals surface area contributed by atoms with Gasteiger partial charge in [0.25, 0.3) is 11.6 Å². The predicted octanol–water partition coefficient (Wildman–Crippen LogP) is 10.3. The molecule has 3 aromatic carbocycles. The van der Waals surface area contributed by atoms with Crippen LogP contribution in [0.1, 0.15) is 78.2 Å². The second-order valence-corrected chi connectivity index (χ2v) is 19.4. The number of allylic oxidation sites excluding steroid dienone is 2. The fourth-order valence-electron chi connectivity index (χ4n) is 9.56. The maximum Gasteiger partial charge on any atom is 0.573 e. The van der Waals surface area contributed by atoms with Crippen LogP contribution in [-0.2, 0) is 15.9 Å². The number of non-ortho nitro benzene ring substituents is 1. The number of nitro benzene ring substituents is 1. The molecule has 69 heavy (non-hydrogen) atoms. The van der Waals surface area contributed by atoms with Crippen LogP contribution in [-0.4, -0.2) is 108 Å². The average Bonchev–Trinajstić information content (AvgIpc) is 3.81. The molecule has 3 unspecified atom stereocenters. The van der Waals surface area contributed by atoms with Crippen molar-refractivity contribution >= 4 is 45.1 Å². The monoisotopic (exact) mass is 1020 g/mol. The molecular weight excluding hydrogens is 963 g/mol. The molecule has 19 heteroatoms. The van der Waals surface area contributed by atoms with Gasteiger partial charge in [-0.05, 0) is 123 Å². The second kappa shape index (κ2) is 22.9. The van der Waals surface area contributed by atoms with E-state index >= 15 is 0 Å². The molecule has 1 fully saturated rings. The number of nitrogens with one attached hydrogen (secondary N) is 2. The van der Waals surface area contributed by atoms with Crippen molar-refractivity contribution in [3.05, 3.63) is 122 Å². The number of anilines is 2. The number of urea groups is 1. The fourth-order valence-corrected chi connectivity index (χ4v) is 9.90. The molecule has 1 saturated heterocycles. The van der Waals surface area contributed by atoms with E-state index in [0.29, 0.717) is 56.6 Å². The van der Waals surface area contributed by atoms with Crippen LogP contribution in [0.3, 0.4) is 0 Å². The van der Waals surface area contributed by atoms with Crippen molar-refractivity contribution in [3.8, 4) is 11.5 Å². The van der Waals surface area contributed by atoms with Crippen LogP contribution in [0.15, 0.2) is 83.6 Å². The topological polar surface area (TPSA) is 171 Å². The highest BCUT2D eigenvalue weighted by atomic mass is 79.9. The van der Waals surface area contributed by atoms with Gasteiger partial charge in [0.05, 0.1) is 41.9 Å². The lowest BCUT2D eigenvalue weighted by Gasteiger charge is -2.46. The van der Waals surface area contributed by atoms with Gasteiger partial charge in [-0.25, -0.2) is 9.78 Å². The SMILES string of the molecule is Cc1cnc(NC(=O)Nc2cc(Br)c(C)cc2OC[C@@H]2CN(CCCCCOCCN(CC(C)(C)C3Cc4ccc([N+](=O)[O-])cc4C4C=CCC43)C(=O)c3ccc(OC(F)(F)F)cc3)CCO2)cn1. The number of alkyl halides is 3. The number of morpholine rings is 1. The van der Waals surface area contributed by atoms with Gasteiger partial charge in [0.15, 0.2) is 5.82 Å². The predicted molar refractivity (Wildman–Crippen MR) is 258 cm³/mol. The molecule has 370 valence electrons. The third-order valence-electron chi connectivity index (χ3n) is 13.0. The summed E-state index contributed by atoms with van der Waals surface area (Å²) in [6, 6.07) is 13.2. The van der Waals surface area contributed by atoms with E-state index in [1.54, 1.807) is 29.3 Å². The Bertz CT molecular complexity index is 2460. The third kappa shape index (κ3) is 14.0. The number of fused-ring (bicyclic) bond motifs is 3. The molecule has 0 spiro atoms. The molecule has 2 aliphatic carbocycles. The summed E-state index contributed by atoms with van der Waals surface area (Å²) in [5, 5.41) is 17.2. The van der Waals surface area contributed by atoms with E-state index in [1.165, 1.54) is 18.3 Å². The Morgan fingerprint density at radius 1 is 1.01 bits per heavy atom. The van der Waals surface area contributed by atoms with Gasteiger partial charge in [0.2, 0.25) is 0 Å². The Balaban J connectivity index is 0.885. The summed E-state index contributed by atoms with van der Waals surface area (Å²) in [5.41, 5.74) is 4.09. The van der Waals surface area contributed by atoms with Crippen molar-refractivity contribution in [2.45, 2.75) is 78.2 Å². The lowest BCUT2D eigenvalue weighted by atomic mass is 9.60. The Morgan fingerprint density at radius 3 is 2.55 bits per heavy atom. The quantitative estimate of drug-likeness (QED) is 0.0374. The van der Waals surface area contributed by atoms with Gasteiger partial charge in [-0.15, -0.1) is 13.2 Å². The molecule has 0 bridgehead atoms. The van der Waals surface area contributed by atoms with E-state index in [-0.39, 0.29) is 59.1 Å². The maximum atomic E-state index is 14.2. The number of halogens is 4. The van der Waals surface area contributed by atoms with Crippen molar-refractivity contribution in [2.75, 3.05) is 69.8 Å². The lowest BCUT2D eigenvalue weighted by molar-refractivity contribution is -0.385. The average molecular weight is 1020 g/mol. The van der Waals surface area contributed by atoms with Crippen LogP contribution in [0.2, 0.25) is 0 Å².